The van der Waals surface area contributed by atoms with E-state index >= 15 is 0 Å². The molecule has 1 unspecified atom stereocenters. The van der Waals surface area contributed by atoms with Crippen molar-refractivity contribution in [3.63, 3.8) is 0 Å². The van der Waals surface area contributed by atoms with E-state index in [-0.39, 0.29) is 18.5 Å². The van der Waals surface area contributed by atoms with Crippen molar-refractivity contribution in [2.75, 3.05) is 19.7 Å². The average molecular weight is 319 g/mol. The zero-order chi connectivity index (χ0) is 13.4. The Kier molecular flexibility index (Phi) is 7.42. The second-order valence-electron chi connectivity index (χ2n) is 4.19. The van der Waals surface area contributed by atoms with Crippen molar-refractivity contribution in [3.8, 4) is 0 Å². The van der Waals surface area contributed by atoms with E-state index < -0.39 is 0 Å². The van der Waals surface area contributed by atoms with Gasteiger partial charge in [0, 0.05) is 23.7 Å². The highest BCUT2D eigenvalue weighted by Gasteiger charge is 2.12. The van der Waals surface area contributed by atoms with E-state index in [4.69, 9.17) is 10.8 Å². The first kappa shape index (κ1) is 15.6. The number of hydrogen-bond donors (Lipinski definition) is 3. The molecule has 3 nitrogen and oxygen atoms in total. The van der Waals surface area contributed by atoms with Crippen LogP contribution in [-0.2, 0) is 0 Å². The van der Waals surface area contributed by atoms with Crippen LogP contribution in [0.5, 0.6) is 0 Å². The third-order valence-corrected chi connectivity index (χ3v) is 3.49. The molecule has 0 aliphatic heterocycles. The van der Waals surface area contributed by atoms with Gasteiger partial charge in [-0.1, -0.05) is 22.0 Å². The van der Waals surface area contributed by atoms with Crippen molar-refractivity contribution < 1.29 is 9.50 Å². The van der Waals surface area contributed by atoms with Gasteiger partial charge in [-0.25, -0.2) is 4.39 Å². The first-order valence-corrected chi connectivity index (χ1v) is 6.97. The summed E-state index contributed by atoms with van der Waals surface area (Å²) in [5.41, 5.74) is 6.71. The van der Waals surface area contributed by atoms with Crippen LogP contribution in [0.1, 0.15) is 30.9 Å². The molecule has 0 aromatic heterocycles. The smallest absolute Gasteiger partial charge is 0.124 e. The number of aliphatic hydroxyl groups excluding tert-OH is 1. The normalized spacial score (nSPS) is 12.7. The minimum Gasteiger partial charge on any atom is -0.396 e. The van der Waals surface area contributed by atoms with E-state index in [1.165, 1.54) is 12.1 Å². The molecule has 0 aliphatic carbocycles. The fraction of sp³-hybridized carbons (Fsp3) is 0.538. The van der Waals surface area contributed by atoms with Crippen molar-refractivity contribution >= 4 is 15.9 Å². The first-order valence-electron chi connectivity index (χ1n) is 6.18. The molecule has 1 rings (SSSR count). The fourth-order valence-corrected chi connectivity index (χ4v) is 2.42. The third-order valence-electron chi connectivity index (χ3n) is 2.80. The molecular weight excluding hydrogens is 299 g/mol. The summed E-state index contributed by atoms with van der Waals surface area (Å²) in [4.78, 5) is 0. The fourth-order valence-electron chi connectivity index (χ4n) is 1.79. The standard InChI is InChI=1S/C13H20BrFN2O/c14-12-8-10(15)4-5-11(12)13(9-16)17-6-2-1-3-7-18/h4-5,8,13,17-18H,1-3,6-7,9,16H2. The summed E-state index contributed by atoms with van der Waals surface area (Å²) in [5, 5.41) is 12.0. The van der Waals surface area contributed by atoms with E-state index in [0.29, 0.717) is 6.54 Å². The highest BCUT2D eigenvalue weighted by atomic mass is 79.9. The minimum atomic E-state index is -0.260. The lowest BCUT2D eigenvalue weighted by molar-refractivity contribution is 0.282. The predicted molar refractivity (Wildman–Crippen MR) is 74.8 cm³/mol. The highest BCUT2D eigenvalue weighted by Crippen LogP contribution is 2.23. The molecule has 0 fully saturated rings. The van der Waals surface area contributed by atoms with E-state index in [0.717, 1.165) is 35.8 Å². The summed E-state index contributed by atoms with van der Waals surface area (Å²) in [6.45, 7) is 1.54. The molecule has 18 heavy (non-hydrogen) atoms. The molecule has 0 aliphatic rings. The Morgan fingerprint density at radius 2 is 2.11 bits per heavy atom. The first-order chi connectivity index (χ1) is 8.69. The summed E-state index contributed by atoms with van der Waals surface area (Å²) in [7, 11) is 0. The van der Waals surface area contributed by atoms with Crippen LogP contribution in [0.2, 0.25) is 0 Å². The average Bonchev–Trinajstić information content (AvgIpc) is 2.35. The van der Waals surface area contributed by atoms with Gasteiger partial charge < -0.3 is 16.2 Å². The zero-order valence-electron chi connectivity index (χ0n) is 10.3. The van der Waals surface area contributed by atoms with Crippen LogP contribution in [0.3, 0.4) is 0 Å². The van der Waals surface area contributed by atoms with Crippen molar-refractivity contribution in [3.05, 3.63) is 34.1 Å². The molecule has 0 bridgehead atoms. The summed E-state index contributed by atoms with van der Waals surface area (Å²) in [6.07, 6.45) is 2.82. The van der Waals surface area contributed by atoms with Gasteiger partial charge in [-0.3, -0.25) is 0 Å². The second-order valence-corrected chi connectivity index (χ2v) is 5.05. The van der Waals surface area contributed by atoms with Crippen LogP contribution in [0.15, 0.2) is 22.7 Å². The van der Waals surface area contributed by atoms with Gasteiger partial charge >= 0.3 is 0 Å². The van der Waals surface area contributed by atoms with Gasteiger partial charge in [0.25, 0.3) is 0 Å². The number of nitrogens with one attached hydrogen (secondary N) is 1. The van der Waals surface area contributed by atoms with E-state index in [1.807, 2.05) is 0 Å². The quantitative estimate of drug-likeness (QED) is 0.645. The number of aliphatic hydroxyl groups is 1. The number of hydrogen-bond acceptors (Lipinski definition) is 3. The molecule has 1 atom stereocenters. The number of benzene rings is 1. The van der Waals surface area contributed by atoms with Gasteiger partial charge in [-0.15, -0.1) is 0 Å². The lowest BCUT2D eigenvalue weighted by atomic mass is 10.1. The lowest BCUT2D eigenvalue weighted by Gasteiger charge is -2.18. The number of nitrogens with two attached hydrogens (primary N) is 1. The topological polar surface area (TPSA) is 58.3 Å². The lowest BCUT2D eigenvalue weighted by Crippen LogP contribution is -2.29. The highest BCUT2D eigenvalue weighted by molar-refractivity contribution is 9.10. The van der Waals surface area contributed by atoms with Crippen molar-refractivity contribution in [1.82, 2.24) is 5.32 Å². The molecule has 102 valence electrons. The summed E-state index contributed by atoms with van der Waals surface area (Å²) >= 11 is 3.35. The Bertz CT molecular complexity index is 363. The summed E-state index contributed by atoms with van der Waals surface area (Å²) in [5.74, 6) is -0.260. The molecular formula is C13H20BrFN2O. The molecule has 4 N–H and O–H groups in total. The zero-order valence-corrected chi connectivity index (χ0v) is 11.9. The Morgan fingerprint density at radius 3 is 2.72 bits per heavy atom. The Morgan fingerprint density at radius 1 is 1.33 bits per heavy atom. The Balaban J connectivity index is 2.49. The van der Waals surface area contributed by atoms with Gasteiger partial charge in [0.15, 0.2) is 0 Å². The molecule has 0 heterocycles. The van der Waals surface area contributed by atoms with Gasteiger partial charge in [0.1, 0.15) is 5.82 Å². The van der Waals surface area contributed by atoms with Crippen molar-refractivity contribution in [1.29, 1.82) is 0 Å². The maximum atomic E-state index is 13.0. The van der Waals surface area contributed by atoms with Crippen LogP contribution in [-0.4, -0.2) is 24.8 Å². The van der Waals surface area contributed by atoms with Gasteiger partial charge in [0.2, 0.25) is 0 Å². The maximum Gasteiger partial charge on any atom is 0.124 e. The van der Waals surface area contributed by atoms with E-state index in [9.17, 15) is 4.39 Å². The molecule has 5 heteroatoms. The van der Waals surface area contributed by atoms with Crippen LogP contribution in [0.4, 0.5) is 4.39 Å². The molecule has 0 spiro atoms. The van der Waals surface area contributed by atoms with Gasteiger partial charge in [-0.2, -0.15) is 0 Å². The maximum absolute atomic E-state index is 13.0. The van der Waals surface area contributed by atoms with Gasteiger partial charge in [0.05, 0.1) is 0 Å². The number of unbranched alkanes of at least 4 members (excludes halogenated alkanes) is 2. The Hall–Kier alpha value is -0.490. The van der Waals surface area contributed by atoms with Crippen LogP contribution in [0, 0.1) is 5.82 Å². The summed E-state index contributed by atoms with van der Waals surface area (Å²) < 4.78 is 13.7. The van der Waals surface area contributed by atoms with E-state index in [1.54, 1.807) is 6.07 Å². The molecule has 0 saturated heterocycles. The minimum absolute atomic E-state index is 0.0223. The number of rotatable bonds is 8. The van der Waals surface area contributed by atoms with Crippen molar-refractivity contribution in [2.24, 2.45) is 5.73 Å². The summed E-state index contributed by atoms with van der Waals surface area (Å²) in [6, 6.07) is 4.66. The second kappa shape index (κ2) is 8.58. The molecule has 1 aromatic rings. The predicted octanol–water partition coefficient (Wildman–Crippen LogP) is 2.34. The monoisotopic (exact) mass is 318 g/mol. The van der Waals surface area contributed by atoms with Crippen LogP contribution >= 0.6 is 15.9 Å². The largest absolute Gasteiger partial charge is 0.396 e. The molecule has 0 saturated carbocycles. The molecule has 0 amide bonds. The van der Waals surface area contributed by atoms with E-state index in [2.05, 4.69) is 21.2 Å². The van der Waals surface area contributed by atoms with Crippen LogP contribution in [0.25, 0.3) is 0 Å². The molecule has 1 aromatic carbocycles. The van der Waals surface area contributed by atoms with Gasteiger partial charge in [-0.05, 0) is 43.5 Å². The third kappa shape index (κ3) is 5.02. The van der Waals surface area contributed by atoms with Crippen LogP contribution < -0.4 is 11.1 Å². The number of halogens is 2. The Labute approximate surface area is 116 Å². The molecule has 0 radical (unpaired) electrons. The SMILES string of the molecule is NCC(NCCCCCO)c1ccc(F)cc1Br. The van der Waals surface area contributed by atoms with Crippen molar-refractivity contribution in [2.45, 2.75) is 25.3 Å².